The molecule has 0 radical (unpaired) electrons. The molecule has 1 aromatic heterocycles. The predicted molar refractivity (Wildman–Crippen MR) is 92.2 cm³/mol. The summed E-state index contributed by atoms with van der Waals surface area (Å²) in [4.78, 5) is 6.78. The first-order chi connectivity index (χ1) is 11.1. The number of hydrogen-bond donors (Lipinski definition) is 1. The second-order valence-corrected chi connectivity index (χ2v) is 6.29. The van der Waals surface area contributed by atoms with Crippen molar-refractivity contribution in [3.63, 3.8) is 0 Å². The summed E-state index contributed by atoms with van der Waals surface area (Å²) in [5.41, 5.74) is 0.710. The van der Waals surface area contributed by atoms with Gasteiger partial charge in [-0.15, -0.1) is 0 Å². The number of pyridine rings is 1. The Labute approximate surface area is 141 Å². The van der Waals surface area contributed by atoms with Gasteiger partial charge in [-0.05, 0) is 43.3 Å². The van der Waals surface area contributed by atoms with Crippen LogP contribution in [0, 0.1) is 0 Å². The van der Waals surface area contributed by atoms with Crippen LogP contribution < -0.4 is 9.64 Å². The molecule has 1 saturated heterocycles. The number of aromatic nitrogens is 1. The summed E-state index contributed by atoms with van der Waals surface area (Å²) in [5, 5.41) is 10.4. The number of aliphatic hydroxyl groups excluding tert-OH is 1. The maximum absolute atomic E-state index is 9.66. The number of ether oxygens (including phenoxy) is 1. The molecule has 1 aromatic carbocycles. The molecule has 0 spiro atoms. The molecule has 0 amide bonds. The summed E-state index contributed by atoms with van der Waals surface area (Å²) >= 11 is 5.89. The standard InChI is InChI=1S/C18H21ClN2O2/c1-13(22)17-3-2-4-18(20-17)21-11-9-16(10-12-21)23-15-7-5-14(19)6-8-15/h2-8,13,16,22H,9-12H2,1H3. The van der Waals surface area contributed by atoms with E-state index < -0.39 is 6.10 Å². The second kappa shape index (κ2) is 7.20. The van der Waals surface area contributed by atoms with E-state index in [1.807, 2.05) is 42.5 Å². The van der Waals surface area contributed by atoms with Crippen LogP contribution in [0.2, 0.25) is 5.02 Å². The molecule has 1 atom stereocenters. The lowest BCUT2D eigenvalue weighted by molar-refractivity contribution is 0.170. The van der Waals surface area contributed by atoms with Crippen LogP contribution in [0.15, 0.2) is 42.5 Å². The number of piperidine rings is 1. The van der Waals surface area contributed by atoms with Crippen molar-refractivity contribution in [1.82, 2.24) is 4.98 Å². The first kappa shape index (κ1) is 16.1. The van der Waals surface area contributed by atoms with Crippen molar-refractivity contribution in [3.05, 3.63) is 53.2 Å². The highest BCUT2D eigenvalue weighted by Crippen LogP contribution is 2.24. The normalized spacial score (nSPS) is 17.1. The fraction of sp³-hybridized carbons (Fsp3) is 0.389. The van der Waals surface area contributed by atoms with Gasteiger partial charge in [-0.1, -0.05) is 17.7 Å². The third-order valence-corrected chi connectivity index (χ3v) is 4.32. The number of halogens is 1. The van der Waals surface area contributed by atoms with Gasteiger partial charge < -0.3 is 14.7 Å². The zero-order valence-electron chi connectivity index (χ0n) is 13.2. The van der Waals surface area contributed by atoms with Gasteiger partial charge in [0, 0.05) is 31.0 Å². The molecule has 0 aliphatic carbocycles. The third kappa shape index (κ3) is 4.15. The number of nitrogens with zero attached hydrogens (tertiary/aromatic N) is 2. The summed E-state index contributed by atoms with van der Waals surface area (Å²) < 4.78 is 6.01. The third-order valence-electron chi connectivity index (χ3n) is 4.07. The monoisotopic (exact) mass is 332 g/mol. The van der Waals surface area contributed by atoms with Crippen molar-refractivity contribution in [3.8, 4) is 5.75 Å². The first-order valence-electron chi connectivity index (χ1n) is 7.94. The molecule has 1 unspecified atom stereocenters. The quantitative estimate of drug-likeness (QED) is 0.924. The topological polar surface area (TPSA) is 45.6 Å². The van der Waals surface area contributed by atoms with Gasteiger partial charge in [0.25, 0.3) is 0 Å². The molecule has 1 fully saturated rings. The van der Waals surface area contributed by atoms with Crippen LogP contribution in [0.25, 0.3) is 0 Å². The summed E-state index contributed by atoms with van der Waals surface area (Å²) in [5.74, 6) is 1.79. The molecule has 1 aliphatic rings. The van der Waals surface area contributed by atoms with Crippen molar-refractivity contribution in [1.29, 1.82) is 0 Å². The van der Waals surface area contributed by atoms with E-state index >= 15 is 0 Å². The molecular formula is C18H21ClN2O2. The zero-order chi connectivity index (χ0) is 16.2. The lowest BCUT2D eigenvalue weighted by atomic mass is 10.1. The minimum absolute atomic E-state index is 0.215. The van der Waals surface area contributed by atoms with Crippen LogP contribution in [-0.4, -0.2) is 29.3 Å². The van der Waals surface area contributed by atoms with Crippen LogP contribution in [0.5, 0.6) is 5.75 Å². The van der Waals surface area contributed by atoms with Crippen LogP contribution in [0.3, 0.4) is 0 Å². The van der Waals surface area contributed by atoms with Gasteiger partial charge in [-0.2, -0.15) is 0 Å². The molecule has 2 heterocycles. The van der Waals surface area contributed by atoms with Gasteiger partial charge in [-0.3, -0.25) is 0 Å². The Hall–Kier alpha value is -1.78. The minimum atomic E-state index is -0.541. The van der Waals surface area contributed by atoms with E-state index in [1.54, 1.807) is 6.92 Å². The summed E-state index contributed by atoms with van der Waals surface area (Å²) in [7, 11) is 0. The number of aliphatic hydroxyl groups is 1. The van der Waals surface area contributed by atoms with Crippen molar-refractivity contribution < 1.29 is 9.84 Å². The predicted octanol–water partition coefficient (Wildman–Crippen LogP) is 3.84. The summed E-state index contributed by atoms with van der Waals surface area (Å²) in [6.45, 7) is 3.53. The number of anilines is 1. The smallest absolute Gasteiger partial charge is 0.128 e. The van der Waals surface area contributed by atoms with Crippen LogP contribution in [-0.2, 0) is 0 Å². The molecule has 23 heavy (non-hydrogen) atoms. The number of hydrogen-bond acceptors (Lipinski definition) is 4. The van der Waals surface area contributed by atoms with E-state index in [1.165, 1.54) is 0 Å². The van der Waals surface area contributed by atoms with Crippen LogP contribution in [0.4, 0.5) is 5.82 Å². The Kier molecular flexibility index (Phi) is 5.03. The van der Waals surface area contributed by atoms with Crippen molar-refractivity contribution in [2.45, 2.75) is 32.0 Å². The molecule has 122 valence electrons. The number of rotatable bonds is 4. The van der Waals surface area contributed by atoms with E-state index in [4.69, 9.17) is 16.3 Å². The minimum Gasteiger partial charge on any atom is -0.490 e. The van der Waals surface area contributed by atoms with E-state index in [0.717, 1.165) is 42.5 Å². The lowest BCUT2D eigenvalue weighted by Crippen LogP contribution is -2.38. The highest BCUT2D eigenvalue weighted by Gasteiger charge is 2.21. The van der Waals surface area contributed by atoms with E-state index in [-0.39, 0.29) is 6.10 Å². The maximum atomic E-state index is 9.66. The molecular weight excluding hydrogens is 312 g/mol. The molecule has 0 bridgehead atoms. The highest BCUT2D eigenvalue weighted by molar-refractivity contribution is 6.30. The van der Waals surface area contributed by atoms with E-state index in [9.17, 15) is 5.11 Å². The fourth-order valence-electron chi connectivity index (χ4n) is 2.76. The highest BCUT2D eigenvalue weighted by atomic mass is 35.5. The first-order valence-corrected chi connectivity index (χ1v) is 8.32. The SMILES string of the molecule is CC(O)c1cccc(N2CCC(Oc3ccc(Cl)cc3)CC2)n1. The van der Waals surface area contributed by atoms with Gasteiger partial charge in [0.1, 0.15) is 17.7 Å². The van der Waals surface area contributed by atoms with Gasteiger partial charge in [0.15, 0.2) is 0 Å². The van der Waals surface area contributed by atoms with E-state index in [0.29, 0.717) is 5.69 Å². The van der Waals surface area contributed by atoms with Crippen molar-refractivity contribution in [2.24, 2.45) is 0 Å². The Morgan fingerprint density at radius 3 is 2.52 bits per heavy atom. The molecule has 5 heteroatoms. The van der Waals surface area contributed by atoms with Crippen molar-refractivity contribution in [2.75, 3.05) is 18.0 Å². The molecule has 1 N–H and O–H groups in total. The second-order valence-electron chi connectivity index (χ2n) is 5.85. The van der Waals surface area contributed by atoms with Crippen molar-refractivity contribution >= 4 is 17.4 Å². The average molecular weight is 333 g/mol. The zero-order valence-corrected chi connectivity index (χ0v) is 13.9. The fourth-order valence-corrected chi connectivity index (χ4v) is 2.88. The lowest BCUT2D eigenvalue weighted by Gasteiger charge is -2.33. The van der Waals surface area contributed by atoms with Gasteiger partial charge >= 0.3 is 0 Å². The molecule has 0 saturated carbocycles. The Balaban J connectivity index is 1.58. The molecule has 2 aromatic rings. The summed E-state index contributed by atoms with van der Waals surface area (Å²) in [6.07, 6.45) is 1.57. The van der Waals surface area contributed by atoms with Crippen LogP contribution in [0.1, 0.15) is 31.6 Å². The number of benzene rings is 1. The molecule has 1 aliphatic heterocycles. The van der Waals surface area contributed by atoms with Gasteiger partial charge in [0.2, 0.25) is 0 Å². The largest absolute Gasteiger partial charge is 0.490 e. The average Bonchev–Trinajstić information content (AvgIpc) is 2.58. The Morgan fingerprint density at radius 1 is 1.17 bits per heavy atom. The summed E-state index contributed by atoms with van der Waals surface area (Å²) in [6, 6.07) is 13.3. The van der Waals surface area contributed by atoms with Gasteiger partial charge in [0.05, 0.1) is 11.8 Å². The van der Waals surface area contributed by atoms with Crippen LogP contribution >= 0.6 is 11.6 Å². The molecule has 4 nitrogen and oxygen atoms in total. The maximum Gasteiger partial charge on any atom is 0.128 e. The van der Waals surface area contributed by atoms with E-state index in [2.05, 4.69) is 9.88 Å². The van der Waals surface area contributed by atoms with Gasteiger partial charge in [-0.25, -0.2) is 4.98 Å². The Bertz CT molecular complexity index is 638. The molecule has 3 rings (SSSR count). The Morgan fingerprint density at radius 2 is 1.87 bits per heavy atom.